The van der Waals surface area contributed by atoms with Gasteiger partial charge in [0.2, 0.25) is 0 Å². The van der Waals surface area contributed by atoms with E-state index in [0.717, 1.165) is 7.11 Å². The molecule has 0 aliphatic heterocycles. The molecule has 1 unspecified atom stereocenters. The summed E-state index contributed by atoms with van der Waals surface area (Å²) in [5.74, 6) is 0. The SMILES string of the molecule is COP(=O)(O)[B]P(=O)(O)O. The molecule has 0 fully saturated rings. The topological polar surface area (TPSA) is 104 Å². The van der Waals surface area contributed by atoms with Gasteiger partial charge in [-0.05, 0) is 0 Å². The zero-order chi connectivity index (χ0) is 8.41. The van der Waals surface area contributed by atoms with Crippen LogP contribution in [0.4, 0.5) is 0 Å². The monoisotopic (exact) mass is 187 g/mol. The molecule has 59 valence electrons. The van der Waals surface area contributed by atoms with Crippen LogP contribution in [0.2, 0.25) is 0 Å². The van der Waals surface area contributed by atoms with Gasteiger partial charge in [-0.15, -0.1) is 0 Å². The van der Waals surface area contributed by atoms with Crippen LogP contribution in [-0.2, 0) is 13.7 Å². The average molecular weight is 187 g/mol. The molecule has 0 rings (SSSR count). The maximum absolute atomic E-state index is 10.4. The third-order valence-electron chi connectivity index (χ3n) is 0.558. The lowest BCUT2D eigenvalue weighted by Gasteiger charge is -2.06. The van der Waals surface area contributed by atoms with Crippen molar-refractivity contribution in [3.05, 3.63) is 0 Å². The summed E-state index contributed by atoms with van der Waals surface area (Å²) in [6.45, 7) is -0.0139. The van der Waals surface area contributed by atoms with E-state index in [-0.39, 0.29) is 6.72 Å². The second-order valence-electron chi connectivity index (χ2n) is 1.45. The number of hydrogen-bond acceptors (Lipinski definition) is 3. The molecule has 0 aliphatic rings. The molecular formula is CH6BO6P2. The Morgan fingerprint density at radius 2 is 1.70 bits per heavy atom. The molecule has 0 saturated heterocycles. The van der Waals surface area contributed by atoms with Gasteiger partial charge in [0.25, 0.3) is 14.9 Å². The number of hydrogen-bond donors (Lipinski definition) is 3. The van der Waals surface area contributed by atoms with Crippen LogP contribution >= 0.6 is 14.9 Å². The third kappa shape index (κ3) is 5.17. The fraction of sp³-hybridized carbons (Fsp3) is 1.00. The smallest absolute Gasteiger partial charge is 0.332 e. The van der Waals surface area contributed by atoms with Crippen LogP contribution in [-0.4, -0.2) is 28.5 Å². The van der Waals surface area contributed by atoms with Gasteiger partial charge in [0, 0.05) is 7.11 Å². The van der Waals surface area contributed by atoms with E-state index in [0.29, 0.717) is 0 Å². The van der Waals surface area contributed by atoms with Crippen molar-refractivity contribution in [1.82, 2.24) is 0 Å². The van der Waals surface area contributed by atoms with Crippen molar-refractivity contribution >= 4 is 21.7 Å². The average Bonchev–Trinajstić information content (AvgIpc) is 1.60. The van der Waals surface area contributed by atoms with Gasteiger partial charge in [0.15, 0.2) is 0 Å². The van der Waals surface area contributed by atoms with Gasteiger partial charge >= 0.3 is 6.72 Å². The normalized spacial score (nSPS) is 18.0. The molecule has 0 amide bonds. The second-order valence-corrected chi connectivity index (χ2v) is 5.05. The molecular weight excluding hydrogens is 181 g/mol. The Hall–Kier alpha value is 0.365. The Labute approximate surface area is 58.1 Å². The molecule has 6 nitrogen and oxygen atoms in total. The molecule has 0 saturated carbocycles. The van der Waals surface area contributed by atoms with E-state index in [9.17, 15) is 9.13 Å². The Bertz CT molecular complexity index is 194. The van der Waals surface area contributed by atoms with E-state index in [1.807, 2.05) is 0 Å². The standard InChI is InChI=1S/CH6BO6P2/c1-8-10(6,7)2-9(3,4)5/h1H3,(H,6,7)(H2,3,4,5). The molecule has 1 radical (unpaired) electrons. The Kier molecular flexibility index (Phi) is 3.29. The highest BCUT2D eigenvalue weighted by molar-refractivity contribution is 8.12. The molecule has 0 aliphatic carbocycles. The van der Waals surface area contributed by atoms with Gasteiger partial charge < -0.3 is 19.2 Å². The van der Waals surface area contributed by atoms with Crippen LogP contribution in [0.1, 0.15) is 0 Å². The maximum Gasteiger partial charge on any atom is 0.425 e. The summed E-state index contributed by atoms with van der Waals surface area (Å²) in [5, 5.41) is 0. The first kappa shape index (κ1) is 10.4. The summed E-state index contributed by atoms with van der Waals surface area (Å²) in [6, 6.07) is 0. The van der Waals surface area contributed by atoms with Gasteiger partial charge in [-0.2, -0.15) is 0 Å². The van der Waals surface area contributed by atoms with Crippen molar-refractivity contribution in [2.75, 3.05) is 7.11 Å². The Balaban J connectivity index is 4.17. The van der Waals surface area contributed by atoms with E-state index >= 15 is 0 Å². The lowest BCUT2D eigenvalue weighted by Crippen LogP contribution is -1.96. The molecule has 10 heavy (non-hydrogen) atoms. The molecule has 1 atom stereocenters. The molecule has 0 heterocycles. The Morgan fingerprint density at radius 3 is 1.80 bits per heavy atom. The molecule has 3 N–H and O–H groups in total. The first-order valence-electron chi connectivity index (χ1n) is 2.07. The van der Waals surface area contributed by atoms with Crippen LogP contribution in [0.5, 0.6) is 0 Å². The second kappa shape index (κ2) is 3.18. The quantitative estimate of drug-likeness (QED) is 0.407. The van der Waals surface area contributed by atoms with Crippen molar-refractivity contribution in [3.8, 4) is 0 Å². The van der Waals surface area contributed by atoms with Crippen molar-refractivity contribution in [2.24, 2.45) is 0 Å². The van der Waals surface area contributed by atoms with Crippen molar-refractivity contribution in [3.63, 3.8) is 0 Å². The van der Waals surface area contributed by atoms with Gasteiger partial charge in [-0.25, -0.2) is 0 Å². The predicted octanol–water partition coefficient (Wildman–Crippen LogP) is -0.470. The van der Waals surface area contributed by atoms with Crippen molar-refractivity contribution < 1.29 is 28.3 Å². The van der Waals surface area contributed by atoms with E-state index in [2.05, 4.69) is 4.52 Å². The maximum atomic E-state index is 10.4. The van der Waals surface area contributed by atoms with Crippen LogP contribution in [0.3, 0.4) is 0 Å². The minimum atomic E-state index is -4.57. The molecule has 0 spiro atoms. The summed E-state index contributed by atoms with van der Waals surface area (Å²) < 4.78 is 24.3. The molecule has 9 heteroatoms. The van der Waals surface area contributed by atoms with Gasteiger partial charge in [-0.3, -0.25) is 9.13 Å². The number of rotatable bonds is 3. The van der Waals surface area contributed by atoms with Gasteiger partial charge in [0.05, 0.1) is 0 Å². The van der Waals surface area contributed by atoms with Crippen LogP contribution in [0, 0.1) is 0 Å². The van der Waals surface area contributed by atoms with Gasteiger partial charge in [0.1, 0.15) is 0 Å². The highest BCUT2D eigenvalue weighted by atomic mass is 31.2. The van der Waals surface area contributed by atoms with E-state index in [1.165, 1.54) is 0 Å². The predicted molar refractivity (Wildman–Crippen MR) is 34.6 cm³/mol. The van der Waals surface area contributed by atoms with E-state index < -0.39 is 14.9 Å². The Morgan fingerprint density at radius 1 is 1.30 bits per heavy atom. The highest BCUT2D eigenvalue weighted by Crippen LogP contribution is 2.51. The molecule has 0 aromatic heterocycles. The lowest BCUT2D eigenvalue weighted by molar-refractivity contribution is 0.333. The van der Waals surface area contributed by atoms with Crippen molar-refractivity contribution in [1.29, 1.82) is 0 Å². The van der Waals surface area contributed by atoms with E-state index in [4.69, 9.17) is 14.7 Å². The molecule has 0 aromatic rings. The summed E-state index contributed by atoms with van der Waals surface area (Å²) in [5.41, 5.74) is 0. The fourth-order valence-corrected chi connectivity index (χ4v) is 2.14. The van der Waals surface area contributed by atoms with Crippen LogP contribution in [0.15, 0.2) is 0 Å². The first-order chi connectivity index (χ1) is 4.27. The van der Waals surface area contributed by atoms with Crippen LogP contribution in [0.25, 0.3) is 0 Å². The zero-order valence-corrected chi connectivity index (χ0v) is 6.83. The minimum Gasteiger partial charge on any atom is -0.332 e. The largest absolute Gasteiger partial charge is 0.425 e. The van der Waals surface area contributed by atoms with Gasteiger partial charge in [-0.1, -0.05) is 0 Å². The summed E-state index contributed by atoms with van der Waals surface area (Å²) in [4.78, 5) is 24.7. The minimum absolute atomic E-state index is 0.0139. The van der Waals surface area contributed by atoms with Crippen molar-refractivity contribution in [2.45, 2.75) is 0 Å². The van der Waals surface area contributed by atoms with Crippen LogP contribution < -0.4 is 0 Å². The summed E-state index contributed by atoms with van der Waals surface area (Å²) in [7, 11) is -7.87. The fourth-order valence-electron chi connectivity index (χ4n) is 0.237. The third-order valence-corrected chi connectivity index (χ3v) is 3.45. The lowest BCUT2D eigenvalue weighted by atomic mass is 10.7. The summed E-state index contributed by atoms with van der Waals surface area (Å²) in [6.07, 6.45) is 0. The molecule has 0 bridgehead atoms. The highest BCUT2D eigenvalue weighted by Gasteiger charge is 2.33. The summed E-state index contributed by atoms with van der Waals surface area (Å²) >= 11 is 0. The molecule has 0 aromatic carbocycles. The zero-order valence-electron chi connectivity index (χ0n) is 5.04. The first-order valence-corrected chi connectivity index (χ1v) is 5.40. The van der Waals surface area contributed by atoms with E-state index in [1.54, 1.807) is 0 Å².